The summed E-state index contributed by atoms with van der Waals surface area (Å²) in [5, 5.41) is 19.6. The van der Waals surface area contributed by atoms with Crippen LogP contribution in [0.5, 0.6) is 11.5 Å². The number of piperazine rings is 1. The Morgan fingerprint density at radius 1 is 0.736 bits per heavy atom. The molecular formula is C40H47N11O2. The Labute approximate surface area is 309 Å². The minimum absolute atomic E-state index is 0.354. The van der Waals surface area contributed by atoms with Gasteiger partial charge in [0, 0.05) is 81.4 Å². The van der Waals surface area contributed by atoms with Crippen molar-refractivity contribution < 1.29 is 9.47 Å². The van der Waals surface area contributed by atoms with Gasteiger partial charge in [0.2, 0.25) is 0 Å². The van der Waals surface area contributed by atoms with Crippen LogP contribution >= 0.6 is 0 Å². The van der Waals surface area contributed by atoms with E-state index in [1.165, 1.54) is 11.1 Å². The quantitative estimate of drug-likeness (QED) is 0.202. The molecule has 6 aromatic rings. The smallest absolute Gasteiger partial charge is 0.165 e. The lowest BCUT2D eigenvalue weighted by molar-refractivity contribution is 0.0966. The van der Waals surface area contributed by atoms with Gasteiger partial charge in [0.15, 0.2) is 11.3 Å². The second kappa shape index (κ2) is 14.3. The fraction of sp³-hybridized carbons (Fsp3) is 0.400. The third-order valence-electron chi connectivity index (χ3n) is 10.9. The molecule has 13 heteroatoms. The molecular weight excluding hydrogens is 667 g/mol. The molecule has 274 valence electrons. The van der Waals surface area contributed by atoms with Crippen LogP contribution in [-0.2, 0) is 0 Å². The van der Waals surface area contributed by atoms with Gasteiger partial charge in [-0.25, -0.2) is 19.0 Å². The first-order chi connectivity index (χ1) is 25.9. The molecule has 2 saturated heterocycles. The van der Waals surface area contributed by atoms with Gasteiger partial charge in [-0.2, -0.15) is 10.2 Å². The highest BCUT2D eigenvalue weighted by Crippen LogP contribution is 2.32. The van der Waals surface area contributed by atoms with E-state index in [-0.39, 0.29) is 0 Å². The number of hydrogen-bond acceptors (Lipinski definition) is 11. The van der Waals surface area contributed by atoms with Gasteiger partial charge in [-0.1, -0.05) is 12.1 Å². The molecule has 0 saturated carbocycles. The Morgan fingerprint density at radius 3 is 2.15 bits per heavy atom. The summed E-state index contributed by atoms with van der Waals surface area (Å²) in [6, 6.07) is 17.8. The largest absolute Gasteiger partial charge is 0.492 e. The molecule has 10 bridgehead atoms. The first kappa shape index (κ1) is 33.6. The first-order valence-electron chi connectivity index (χ1n) is 18.8. The van der Waals surface area contributed by atoms with E-state index in [9.17, 15) is 0 Å². The predicted octanol–water partition coefficient (Wildman–Crippen LogP) is 4.75. The van der Waals surface area contributed by atoms with Gasteiger partial charge in [-0.15, -0.1) is 0 Å². The molecule has 4 aliphatic rings. The Bertz CT molecular complexity index is 2250. The highest BCUT2D eigenvalue weighted by atomic mass is 16.5. The topological polar surface area (TPSA) is 121 Å². The maximum Gasteiger partial charge on any atom is 0.165 e. The van der Waals surface area contributed by atoms with E-state index in [0.717, 1.165) is 109 Å². The summed E-state index contributed by atoms with van der Waals surface area (Å²) in [5.41, 5.74) is 8.41. The van der Waals surface area contributed by atoms with E-state index in [1.54, 1.807) is 0 Å². The fourth-order valence-corrected chi connectivity index (χ4v) is 7.90. The molecule has 1 unspecified atom stereocenters. The maximum atomic E-state index is 6.23. The zero-order valence-corrected chi connectivity index (χ0v) is 30.6. The molecule has 0 amide bonds. The number of aryl methyl sites for hydroxylation is 2. The number of aromatic nitrogens is 6. The Morgan fingerprint density at radius 2 is 1.42 bits per heavy atom. The molecule has 4 aliphatic heterocycles. The van der Waals surface area contributed by atoms with Crippen molar-refractivity contribution in [2.45, 2.75) is 45.3 Å². The number of anilines is 2. The van der Waals surface area contributed by atoms with Crippen molar-refractivity contribution in [1.29, 1.82) is 0 Å². The molecule has 8 heterocycles. The molecule has 0 aliphatic carbocycles. The fourth-order valence-electron chi connectivity index (χ4n) is 7.90. The molecule has 2 fully saturated rings. The van der Waals surface area contributed by atoms with Gasteiger partial charge in [0.25, 0.3) is 0 Å². The summed E-state index contributed by atoms with van der Waals surface area (Å²) in [6.45, 7) is 14.7. The van der Waals surface area contributed by atoms with Crippen LogP contribution in [0.3, 0.4) is 0 Å². The average molecular weight is 714 g/mol. The van der Waals surface area contributed by atoms with Crippen molar-refractivity contribution >= 4 is 22.9 Å². The van der Waals surface area contributed by atoms with Crippen molar-refractivity contribution in [2.24, 2.45) is 0 Å². The molecule has 0 radical (unpaired) electrons. The van der Waals surface area contributed by atoms with E-state index in [0.29, 0.717) is 31.3 Å². The van der Waals surface area contributed by atoms with Crippen LogP contribution in [0.4, 0.5) is 11.6 Å². The van der Waals surface area contributed by atoms with Gasteiger partial charge in [0.05, 0.1) is 18.4 Å². The van der Waals surface area contributed by atoms with Gasteiger partial charge in [0.1, 0.15) is 36.3 Å². The number of fused-ring (bicyclic) bond motifs is 11. The minimum atomic E-state index is 0.354. The molecule has 0 spiro atoms. The number of nitrogens with zero attached hydrogens (tertiary/aromatic N) is 8. The van der Waals surface area contributed by atoms with Crippen molar-refractivity contribution in [1.82, 2.24) is 44.3 Å². The zero-order valence-electron chi connectivity index (χ0n) is 30.6. The predicted molar refractivity (Wildman–Crippen MR) is 207 cm³/mol. The number of ether oxygens (including phenoxy) is 2. The third-order valence-corrected chi connectivity index (χ3v) is 10.9. The van der Waals surface area contributed by atoms with Gasteiger partial charge in [-0.05, 0) is 85.8 Å². The lowest BCUT2D eigenvalue weighted by Crippen LogP contribution is -2.58. The van der Waals surface area contributed by atoms with E-state index in [2.05, 4.69) is 87.1 Å². The summed E-state index contributed by atoms with van der Waals surface area (Å²) in [5.74, 6) is 3.60. The van der Waals surface area contributed by atoms with Crippen molar-refractivity contribution in [3.63, 3.8) is 0 Å². The number of nitrogens with one attached hydrogen (secondary N) is 3. The second-order valence-corrected chi connectivity index (χ2v) is 14.7. The molecule has 13 nitrogen and oxygen atoms in total. The Hall–Kier alpha value is -5.24. The van der Waals surface area contributed by atoms with E-state index < -0.39 is 0 Å². The molecule has 53 heavy (non-hydrogen) atoms. The number of hydrogen-bond donors (Lipinski definition) is 3. The highest BCUT2D eigenvalue weighted by Gasteiger charge is 2.27. The number of benzene rings is 2. The number of rotatable bonds is 0. The Kier molecular flexibility index (Phi) is 9.06. The average Bonchev–Trinajstić information content (AvgIpc) is 3.91. The van der Waals surface area contributed by atoms with Crippen LogP contribution in [0.2, 0.25) is 0 Å². The van der Waals surface area contributed by atoms with Crippen LogP contribution in [0.25, 0.3) is 33.5 Å². The summed E-state index contributed by atoms with van der Waals surface area (Å²) in [6.07, 6.45) is 8.85. The minimum Gasteiger partial charge on any atom is -0.492 e. The molecule has 2 aromatic carbocycles. The van der Waals surface area contributed by atoms with E-state index in [1.807, 2.05) is 52.0 Å². The van der Waals surface area contributed by atoms with Crippen LogP contribution in [0.1, 0.15) is 24.5 Å². The van der Waals surface area contributed by atoms with Crippen LogP contribution < -0.4 is 25.4 Å². The normalized spacial score (nSPS) is 22.7. The standard InChI is InChI=1S/C21H26N6O.C19H21N5O/c1-14-3-4-17-9-18(14)19-11-24-27-7-5-20(25-21(19)27)22-6-8-26-12-15(2)23-10-16(26)13-28-17;1-13-2-3-15-10-16(13)17-11-20-24-7-5-18(22-19(17)24)21-14-4-6-23(12-14)8-9-25-15/h3-5,7,9,11,15-16,23H,6,8,10,12-13H2,1-2H3,(H,22,25);2-3,5,7,10-11,14H,4,6,8-9,12H2,1H3,(H,21,22)/t15-,16+;14-/m11/s1. The molecule has 4 atom stereocenters. The van der Waals surface area contributed by atoms with Crippen molar-refractivity contribution in [3.8, 4) is 33.8 Å². The van der Waals surface area contributed by atoms with Crippen molar-refractivity contribution in [2.75, 3.05) is 69.7 Å². The van der Waals surface area contributed by atoms with Gasteiger partial charge < -0.3 is 25.4 Å². The van der Waals surface area contributed by atoms with E-state index >= 15 is 0 Å². The molecule has 4 aromatic heterocycles. The lowest BCUT2D eigenvalue weighted by Gasteiger charge is -2.39. The van der Waals surface area contributed by atoms with Crippen molar-refractivity contribution in [3.05, 3.63) is 84.4 Å². The van der Waals surface area contributed by atoms with Crippen LogP contribution in [0, 0.1) is 13.8 Å². The zero-order chi connectivity index (χ0) is 35.9. The molecule has 3 N–H and O–H groups in total. The summed E-state index contributed by atoms with van der Waals surface area (Å²) < 4.78 is 15.9. The third kappa shape index (κ3) is 6.99. The Balaban J connectivity index is 0.000000141. The van der Waals surface area contributed by atoms with Crippen LogP contribution in [-0.4, -0.2) is 116 Å². The van der Waals surface area contributed by atoms with Gasteiger partial charge >= 0.3 is 0 Å². The lowest BCUT2D eigenvalue weighted by atomic mass is 10.0. The SMILES string of the molecule is Cc1ccc2cc1-c1cnn3ccc(nc13)NCCN1C[C@@H](C)NC[C@H]1CO2.Cc1ccc2cc1-c1cnn3ccc(nc13)N[C@@H]1CCN(CCO2)C1. The molecule has 10 rings (SSSR count). The summed E-state index contributed by atoms with van der Waals surface area (Å²) >= 11 is 0. The summed E-state index contributed by atoms with van der Waals surface area (Å²) in [4.78, 5) is 14.6. The van der Waals surface area contributed by atoms with E-state index in [4.69, 9.17) is 19.4 Å². The first-order valence-corrected chi connectivity index (χ1v) is 18.8. The summed E-state index contributed by atoms with van der Waals surface area (Å²) in [7, 11) is 0. The second-order valence-electron chi connectivity index (χ2n) is 14.7. The monoisotopic (exact) mass is 713 g/mol. The highest BCUT2D eigenvalue weighted by molar-refractivity contribution is 5.81. The maximum absolute atomic E-state index is 6.23. The van der Waals surface area contributed by atoms with Crippen LogP contribution in [0.15, 0.2) is 73.3 Å². The van der Waals surface area contributed by atoms with Gasteiger partial charge in [-0.3, -0.25) is 9.80 Å².